The molecule has 12 bridgehead atoms. The standard InChI is InChI=1S/C78H84O12/c1-7-13-31-85-73(79)67-43-55-19-21-57-38-59(47-68(45-57)74(80)86-32-14-8-2)23-25-61-40-63(51-70(49-61)76(82)88-34-16-10-4)27-29-65-42-66(54-72(53-65)78(84)90-36-18-12-6)30-28-64-41-62(50-71(52-64)77(83)89-35-17-11-5)26-24-60-39-58(22-20-56(37-55)44-67)46-69(48-60)75(81)87-33-15-9-3/h19-30,37-54H,7-18,31-36H2,1-6H3. The lowest BCUT2D eigenvalue weighted by molar-refractivity contribution is 0.0490. The van der Waals surface area contributed by atoms with E-state index in [2.05, 4.69) is 0 Å². The normalized spacial score (nSPS) is 10.7. The van der Waals surface area contributed by atoms with Gasteiger partial charge in [0.2, 0.25) is 0 Å². The smallest absolute Gasteiger partial charge is 0.338 e. The van der Waals surface area contributed by atoms with Crippen LogP contribution in [0.2, 0.25) is 0 Å². The van der Waals surface area contributed by atoms with Crippen LogP contribution in [0.5, 0.6) is 0 Å². The van der Waals surface area contributed by atoms with Gasteiger partial charge >= 0.3 is 35.8 Å². The molecule has 0 amide bonds. The molecule has 468 valence electrons. The van der Waals surface area contributed by atoms with Crippen molar-refractivity contribution in [1.82, 2.24) is 0 Å². The Morgan fingerprint density at radius 2 is 0.311 bits per heavy atom. The molecule has 0 aliphatic rings. The molecule has 0 spiro atoms. The number of esters is 6. The SMILES string of the molecule is CCCCOC(=O)c1cc2ccc3cc(C(=O)OCCCC)cc(ccc4cc(C(=O)OCCCC)cc(ccc5cc(C(=O)OCCCC)cc(ccc6cc(C(=O)OCCCC)cc(ccc7cc(C(=O)OCCCC)cc(ccc(c1)c2)c7)c6)c5)c4)c3. The Kier molecular flexibility index (Phi) is 27.3. The van der Waals surface area contributed by atoms with Crippen molar-refractivity contribution in [2.45, 2.75) is 119 Å². The van der Waals surface area contributed by atoms with Crippen molar-refractivity contribution in [2.75, 3.05) is 39.6 Å². The Bertz CT molecular complexity index is 3190. The molecule has 0 heterocycles. The van der Waals surface area contributed by atoms with Crippen LogP contribution in [0.15, 0.2) is 182 Å². The number of benzene rings is 6. The van der Waals surface area contributed by atoms with Gasteiger partial charge in [-0.2, -0.15) is 0 Å². The molecule has 7 rings (SSSR count). The van der Waals surface area contributed by atoms with E-state index in [0.29, 0.717) is 137 Å². The van der Waals surface area contributed by atoms with E-state index in [1.807, 2.05) is 151 Å². The van der Waals surface area contributed by atoms with Gasteiger partial charge in [-0.25, -0.2) is 28.8 Å². The third kappa shape index (κ3) is 22.0. The van der Waals surface area contributed by atoms with Gasteiger partial charge in [0.05, 0.1) is 73.0 Å². The number of carbonyl (C=O) groups is 6. The minimum atomic E-state index is -0.476. The van der Waals surface area contributed by atoms with Crippen molar-refractivity contribution in [3.05, 3.63) is 215 Å². The lowest BCUT2D eigenvalue weighted by atomic mass is 10.1. The molecule has 0 unspecified atom stereocenters. The van der Waals surface area contributed by atoms with Crippen LogP contribution in [0.4, 0.5) is 0 Å². The average molecular weight is 1210 g/mol. The van der Waals surface area contributed by atoms with E-state index in [1.165, 1.54) is 0 Å². The van der Waals surface area contributed by atoms with Gasteiger partial charge in [-0.1, -0.05) is 153 Å². The van der Waals surface area contributed by atoms with Crippen LogP contribution in [0.25, 0.3) is 64.6 Å². The van der Waals surface area contributed by atoms with Gasteiger partial charge in [0, 0.05) is 0 Å². The van der Waals surface area contributed by atoms with Crippen molar-refractivity contribution in [1.29, 1.82) is 0 Å². The summed E-state index contributed by atoms with van der Waals surface area (Å²) in [5, 5.41) is 8.09. The summed E-state index contributed by atoms with van der Waals surface area (Å²) < 4.78 is 34.3. The van der Waals surface area contributed by atoms with Crippen molar-refractivity contribution in [2.24, 2.45) is 0 Å². The van der Waals surface area contributed by atoms with Crippen LogP contribution in [-0.2, 0) is 28.4 Å². The molecule has 0 saturated carbocycles. The molecule has 0 aromatic heterocycles. The number of ether oxygens (including phenoxy) is 6. The predicted octanol–water partition coefficient (Wildman–Crippen LogP) is 19.4. The fourth-order valence-corrected chi connectivity index (χ4v) is 9.43. The highest BCUT2D eigenvalue weighted by Crippen LogP contribution is 2.23. The summed E-state index contributed by atoms with van der Waals surface area (Å²) in [5.41, 5.74) is 2.02. The molecule has 0 aliphatic carbocycles. The lowest BCUT2D eigenvalue weighted by Gasteiger charge is -2.06. The van der Waals surface area contributed by atoms with Crippen LogP contribution >= 0.6 is 0 Å². The zero-order chi connectivity index (χ0) is 64.0. The first kappa shape index (κ1) is 68.1. The second-order valence-electron chi connectivity index (χ2n) is 22.3. The topological polar surface area (TPSA) is 158 Å². The van der Waals surface area contributed by atoms with E-state index in [4.69, 9.17) is 28.4 Å². The molecular formula is C78H84O12. The number of hydrogen-bond acceptors (Lipinski definition) is 12. The lowest BCUT2D eigenvalue weighted by Crippen LogP contribution is -2.06. The van der Waals surface area contributed by atoms with E-state index in [0.717, 1.165) is 38.5 Å². The third-order valence-corrected chi connectivity index (χ3v) is 14.5. The second kappa shape index (κ2) is 36.2. The molecule has 12 heteroatoms. The number of hydrogen-bond donors (Lipinski definition) is 0. The summed E-state index contributed by atoms with van der Waals surface area (Å²) in [6.45, 7) is 13.7. The van der Waals surface area contributed by atoms with E-state index >= 15 is 0 Å². The summed E-state index contributed by atoms with van der Waals surface area (Å²) in [4.78, 5) is 82.3. The second-order valence-corrected chi connectivity index (χ2v) is 22.3. The monoisotopic (exact) mass is 1210 g/mol. The van der Waals surface area contributed by atoms with E-state index in [1.54, 1.807) is 72.8 Å². The number of unbranched alkanes of at least 4 members (excludes halogenated alkanes) is 6. The number of fused-ring (bicyclic) bond motifs is 12. The van der Waals surface area contributed by atoms with Crippen LogP contribution in [0, 0.1) is 0 Å². The van der Waals surface area contributed by atoms with Gasteiger partial charge in [0.25, 0.3) is 0 Å². The maximum atomic E-state index is 13.7. The predicted molar refractivity (Wildman–Crippen MR) is 362 cm³/mol. The maximum Gasteiger partial charge on any atom is 0.338 e. The Balaban J connectivity index is 1.59. The minimum Gasteiger partial charge on any atom is -0.462 e. The molecule has 0 saturated heterocycles. The highest BCUT2D eigenvalue weighted by Gasteiger charge is 2.14. The largest absolute Gasteiger partial charge is 0.462 e. The van der Waals surface area contributed by atoms with Crippen LogP contribution in [0.3, 0.4) is 0 Å². The van der Waals surface area contributed by atoms with Gasteiger partial charge in [0.1, 0.15) is 0 Å². The van der Waals surface area contributed by atoms with E-state index in [9.17, 15) is 28.8 Å². The molecule has 0 radical (unpaired) electrons. The minimum absolute atomic E-state index is 0.264. The zero-order valence-electron chi connectivity index (χ0n) is 52.9. The summed E-state index contributed by atoms with van der Waals surface area (Å²) in [5.74, 6) is -2.86. The van der Waals surface area contributed by atoms with Crippen LogP contribution in [-0.4, -0.2) is 75.5 Å². The zero-order valence-corrected chi connectivity index (χ0v) is 52.9. The first-order chi connectivity index (χ1) is 43.8. The number of rotatable bonds is 24. The summed E-state index contributed by atoms with van der Waals surface area (Å²) in [6, 6.07) is 55.1. The van der Waals surface area contributed by atoms with Crippen molar-refractivity contribution < 1.29 is 57.2 Å². The third-order valence-electron chi connectivity index (χ3n) is 14.5. The Labute approximate surface area is 528 Å². The molecule has 90 heavy (non-hydrogen) atoms. The van der Waals surface area contributed by atoms with Crippen LogP contribution < -0.4 is 0 Å². The first-order valence-electron chi connectivity index (χ1n) is 31.8. The van der Waals surface area contributed by atoms with Crippen molar-refractivity contribution in [3.63, 3.8) is 0 Å². The Morgan fingerprint density at radius 1 is 0.200 bits per heavy atom. The molecule has 0 N–H and O–H groups in total. The molecule has 0 atom stereocenters. The van der Waals surface area contributed by atoms with Gasteiger partial charge in [-0.05, 0) is 212 Å². The van der Waals surface area contributed by atoms with Gasteiger partial charge < -0.3 is 28.4 Å². The van der Waals surface area contributed by atoms with E-state index < -0.39 is 35.8 Å². The molecule has 0 fully saturated rings. The highest BCUT2D eigenvalue weighted by atomic mass is 16.6. The Morgan fingerprint density at radius 3 is 0.411 bits per heavy atom. The van der Waals surface area contributed by atoms with E-state index in [-0.39, 0.29) is 39.6 Å². The van der Waals surface area contributed by atoms with Crippen molar-refractivity contribution in [3.8, 4) is 0 Å². The quantitative estimate of drug-likeness (QED) is 0.0321. The van der Waals surface area contributed by atoms with Gasteiger partial charge in [0.15, 0.2) is 0 Å². The molecule has 7 aromatic carbocycles. The fraction of sp³-hybridized carbons (Fsp3) is 0.308. The molecular weight excluding hydrogens is 1130 g/mol. The van der Waals surface area contributed by atoms with Gasteiger partial charge in [-0.3, -0.25) is 0 Å². The summed E-state index contributed by atoms with van der Waals surface area (Å²) >= 11 is 0. The van der Waals surface area contributed by atoms with Gasteiger partial charge in [-0.15, -0.1) is 0 Å². The average Bonchev–Trinajstić information content (AvgIpc) is 1.91. The highest BCUT2D eigenvalue weighted by molar-refractivity contribution is 5.98. The fourth-order valence-electron chi connectivity index (χ4n) is 9.43. The Hall–Kier alpha value is -9.42. The summed E-state index contributed by atoms with van der Waals surface area (Å²) in [7, 11) is 0. The molecule has 7 aromatic rings. The molecule has 12 nitrogen and oxygen atoms in total. The maximum absolute atomic E-state index is 13.7. The molecule has 0 aliphatic heterocycles. The van der Waals surface area contributed by atoms with Crippen LogP contribution in [0.1, 0.15) is 181 Å². The summed E-state index contributed by atoms with van der Waals surface area (Å²) in [6.07, 6.45) is 9.35. The number of carbonyl (C=O) groups excluding carboxylic acids is 6. The van der Waals surface area contributed by atoms with Crippen molar-refractivity contribution >= 4 is 100 Å². The first-order valence-corrected chi connectivity index (χ1v) is 31.8.